The topological polar surface area (TPSA) is 63.9 Å². The Morgan fingerprint density at radius 3 is 2.40 bits per heavy atom. The number of carbonyl (C=O) groups is 1. The molecule has 0 aliphatic carbocycles. The quantitative estimate of drug-likeness (QED) is 0.542. The molecule has 4 rings (SSSR count). The zero-order valence-corrected chi connectivity index (χ0v) is 18.6. The Bertz CT molecular complexity index is 998. The lowest BCUT2D eigenvalue weighted by Crippen LogP contribution is -2.43. The van der Waals surface area contributed by atoms with E-state index >= 15 is 0 Å². The van der Waals surface area contributed by atoms with Crippen molar-refractivity contribution in [1.29, 1.82) is 0 Å². The molecule has 0 bridgehead atoms. The van der Waals surface area contributed by atoms with E-state index in [1.807, 2.05) is 45.9 Å². The van der Waals surface area contributed by atoms with Gasteiger partial charge in [-0.1, -0.05) is 37.2 Å². The second-order valence-electron chi connectivity index (χ2n) is 7.89. The van der Waals surface area contributed by atoms with Crippen molar-refractivity contribution >= 4 is 29.3 Å². The molecule has 0 N–H and O–H groups in total. The van der Waals surface area contributed by atoms with Crippen LogP contribution >= 0.6 is 23.4 Å². The zero-order chi connectivity index (χ0) is 21.1. The standard InChI is InChI=1S/C22H24ClN5OS/c1-15-11-16(2)13-27(12-15)20(29)14-30-22-26-25-21(17-7-9-24-10-8-17)28(22)19-5-3-18(23)4-6-19/h3-10,15-16H,11-14H2,1-2H3. The van der Waals surface area contributed by atoms with Crippen molar-refractivity contribution in [1.82, 2.24) is 24.6 Å². The monoisotopic (exact) mass is 441 g/mol. The van der Waals surface area contributed by atoms with Crippen LogP contribution < -0.4 is 0 Å². The van der Waals surface area contributed by atoms with Crippen LogP contribution in [-0.2, 0) is 4.79 Å². The number of hydrogen-bond donors (Lipinski definition) is 0. The van der Waals surface area contributed by atoms with E-state index in [9.17, 15) is 4.79 Å². The number of nitrogens with zero attached hydrogens (tertiary/aromatic N) is 5. The summed E-state index contributed by atoms with van der Waals surface area (Å²) in [6.07, 6.45) is 4.63. The Morgan fingerprint density at radius 1 is 1.07 bits per heavy atom. The van der Waals surface area contributed by atoms with Crippen LogP contribution in [0.25, 0.3) is 17.1 Å². The lowest BCUT2D eigenvalue weighted by molar-refractivity contribution is -0.130. The van der Waals surface area contributed by atoms with E-state index in [2.05, 4.69) is 29.0 Å². The van der Waals surface area contributed by atoms with Crippen molar-refractivity contribution in [3.63, 3.8) is 0 Å². The smallest absolute Gasteiger partial charge is 0.233 e. The highest BCUT2D eigenvalue weighted by Crippen LogP contribution is 2.29. The largest absolute Gasteiger partial charge is 0.341 e. The molecule has 1 aliphatic rings. The summed E-state index contributed by atoms with van der Waals surface area (Å²) in [6, 6.07) is 11.3. The van der Waals surface area contributed by atoms with E-state index in [-0.39, 0.29) is 5.91 Å². The van der Waals surface area contributed by atoms with E-state index in [4.69, 9.17) is 11.6 Å². The first-order valence-electron chi connectivity index (χ1n) is 10.0. The number of halogens is 1. The molecule has 1 aromatic carbocycles. The van der Waals surface area contributed by atoms with Crippen molar-refractivity contribution in [3.05, 3.63) is 53.8 Å². The van der Waals surface area contributed by atoms with E-state index < -0.39 is 0 Å². The molecule has 3 heterocycles. The lowest BCUT2D eigenvalue weighted by Gasteiger charge is -2.34. The second-order valence-corrected chi connectivity index (χ2v) is 9.27. The summed E-state index contributed by atoms with van der Waals surface area (Å²) >= 11 is 7.49. The van der Waals surface area contributed by atoms with Crippen LogP contribution in [0, 0.1) is 11.8 Å². The van der Waals surface area contributed by atoms with Gasteiger partial charge in [-0.15, -0.1) is 10.2 Å². The SMILES string of the molecule is CC1CC(C)CN(C(=O)CSc2nnc(-c3ccncc3)n2-c2ccc(Cl)cc2)C1. The highest BCUT2D eigenvalue weighted by atomic mass is 35.5. The molecule has 30 heavy (non-hydrogen) atoms. The Labute approximate surface area is 185 Å². The number of thioether (sulfide) groups is 1. The average molecular weight is 442 g/mol. The van der Waals surface area contributed by atoms with Crippen molar-refractivity contribution in [2.24, 2.45) is 11.8 Å². The van der Waals surface area contributed by atoms with E-state index in [0.717, 1.165) is 24.3 Å². The van der Waals surface area contributed by atoms with Gasteiger partial charge in [-0.25, -0.2) is 0 Å². The normalized spacial score (nSPS) is 19.1. The number of carbonyl (C=O) groups excluding carboxylic acids is 1. The van der Waals surface area contributed by atoms with Gasteiger partial charge in [0.15, 0.2) is 11.0 Å². The fraction of sp³-hybridized carbons (Fsp3) is 0.364. The molecule has 6 nitrogen and oxygen atoms in total. The van der Waals surface area contributed by atoms with Crippen molar-refractivity contribution in [2.45, 2.75) is 25.4 Å². The van der Waals surface area contributed by atoms with Gasteiger partial charge in [0.25, 0.3) is 0 Å². The number of hydrogen-bond acceptors (Lipinski definition) is 5. The van der Waals surface area contributed by atoms with Crippen molar-refractivity contribution < 1.29 is 4.79 Å². The molecule has 1 aliphatic heterocycles. The van der Waals surface area contributed by atoms with Gasteiger partial charge in [0.1, 0.15) is 0 Å². The van der Waals surface area contributed by atoms with Gasteiger partial charge >= 0.3 is 0 Å². The predicted octanol–water partition coefficient (Wildman–Crippen LogP) is 4.58. The Kier molecular flexibility index (Phi) is 6.39. The van der Waals surface area contributed by atoms with Crippen LogP contribution in [-0.4, -0.2) is 49.4 Å². The van der Waals surface area contributed by atoms with Crippen LogP contribution in [0.5, 0.6) is 0 Å². The number of benzene rings is 1. The van der Waals surface area contributed by atoms with Crippen LogP contribution in [0.3, 0.4) is 0 Å². The fourth-order valence-electron chi connectivity index (χ4n) is 3.96. The van der Waals surface area contributed by atoms with Gasteiger partial charge in [0.2, 0.25) is 5.91 Å². The first-order valence-corrected chi connectivity index (χ1v) is 11.4. The lowest BCUT2D eigenvalue weighted by atomic mass is 9.92. The molecule has 8 heteroatoms. The molecule has 0 spiro atoms. The third kappa shape index (κ3) is 4.68. The molecule has 0 saturated carbocycles. The number of aromatic nitrogens is 4. The molecular formula is C22H24ClN5OS. The number of amides is 1. The summed E-state index contributed by atoms with van der Waals surface area (Å²) in [6.45, 7) is 6.08. The van der Waals surface area contributed by atoms with E-state index in [1.165, 1.54) is 18.2 Å². The molecule has 2 unspecified atom stereocenters. The van der Waals surface area contributed by atoms with Gasteiger partial charge in [-0.3, -0.25) is 14.3 Å². The van der Waals surface area contributed by atoms with Crippen LogP contribution in [0.15, 0.2) is 53.9 Å². The maximum Gasteiger partial charge on any atom is 0.233 e. The number of rotatable bonds is 5. The van der Waals surface area contributed by atoms with Gasteiger partial charge in [-0.05, 0) is 54.7 Å². The molecule has 156 valence electrons. The molecule has 1 amide bonds. The van der Waals surface area contributed by atoms with Gasteiger partial charge in [-0.2, -0.15) is 0 Å². The zero-order valence-electron chi connectivity index (χ0n) is 17.0. The van der Waals surface area contributed by atoms with Crippen LogP contribution in [0.1, 0.15) is 20.3 Å². The fourth-order valence-corrected chi connectivity index (χ4v) is 4.94. The Balaban J connectivity index is 1.59. The Morgan fingerprint density at radius 2 is 1.73 bits per heavy atom. The summed E-state index contributed by atoms with van der Waals surface area (Å²) in [7, 11) is 0. The minimum absolute atomic E-state index is 0.148. The number of piperidine rings is 1. The van der Waals surface area contributed by atoms with Crippen molar-refractivity contribution in [3.8, 4) is 17.1 Å². The summed E-state index contributed by atoms with van der Waals surface area (Å²) in [4.78, 5) is 18.9. The van der Waals surface area contributed by atoms with E-state index in [1.54, 1.807) is 12.4 Å². The average Bonchev–Trinajstić information content (AvgIpc) is 3.16. The molecule has 0 radical (unpaired) electrons. The van der Waals surface area contributed by atoms with E-state index in [0.29, 0.717) is 33.6 Å². The minimum Gasteiger partial charge on any atom is -0.341 e. The summed E-state index contributed by atoms with van der Waals surface area (Å²) in [5, 5.41) is 10.1. The maximum atomic E-state index is 12.9. The molecule has 2 aromatic heterocycles. The van der Waals surface area contributed by atoms with Crippen LogP contribution in [0.4, 0.5) is 0 Å². The van der Waals surface area contributed by atoms with Gasteiger partial charge in [0.05, 0.1) is 5.75 Å². The second kappa shape index (κ2) is 9.18. The molecule has 1 saturated heterocycles. The maximum absolute atomic E-state index is 12.9. The molecule has 1 fully saturated rings. The summed E-state index contributed by atoms with van der Waals surface area (Å²) in [5.41, 5.74) is 1.80. The third-order valence-electron chi connectivity index (χ3n) is 5.20. The first kappa shape index (κ1) is 20.9. The Hall–Kier alpha value is -2.38. The first-order chi connectivity index (χ1) is 14.5. The van der Waals surface area contributed by atoms with Gasteiger partial charge in [0, 0.05) is 41.8 Å². The molecule has 2 atom stereocenters. The minimum atomic E-state index is 0.148. The number of pyridine rings is 1. The summed E-state index contributed by atoms with van der Waals surface area (Å²) < 4.78 is 1.96. The van der Waals surface area contributed by atoms with Crippen molar-refractivity contribution in [2.75, 3.05) is 18.8 Å². The van der Waals surface area contributed by atoms with Gasteiger partial charge < -0.3 is 4.90 Å². The molecular weight excluding hydrogens is 418 g/mol. The molecule has 3 aromatic rings. The summed E-state index contributed by atoms with van der Waals surface area (Å²) in [5.74, 6) is 2.27. The number of likely N-dealkylation sites (tertiary alicyclic amines) is 1. The van der Waals surface area contributed by atoms with Crippen LogP contribution in [0.2, 0.25) is 5.02 Å². The third-order valence-corrected chi connectivity index (χ3v) is 6.37. The predicted molar refractivity (Wildman–Crippen MR) is 120 cm³/mol. The highest BCUT2D eigenvalue weighted by Gasteiger charge is 2.26. The highest BCUT2D eigenvalue weighted by molar-refractivity contribution is 7.99.